The lowest BCUT2D eigenvalue weighted by atomic mass is 10.2. The van der Waals surface area contributed by atoms with Crippen molar-refractivity contribution in [1.82, 2.24) is 10.6 Å². The molecule has 0 heterocycles. The number of carbonyl (C=O) groups is 2. The third-order valence-electron chi connectivity index (χ3n) is 4.09. The van der Waals surface area contributed by atoms with Crippen LogP contribution in [-0.4, -0.2) is 38.6 Å². The van der Waals surface area contributed by atoms with Gasteiger partial charge in [0.15, 0.2) is 18.1 Å². The molecule has 0 aliphatic carbocycles. The third kappa shape index (κ3) is 7.72. The van der Waals surface area contributed by atoms with Crippen molar-refractivity contribution in [2.75, 3.05) is 32.1 Å². The van der Waals surface area contributed by atoms with Crippen molar-refractivity contribution < 1.29 is 32.2 Å². The lowest BCUT2D eigenvalue weighted by Gasteiger charge is -2.13. The van der Waals surface area contributed by atoms with E-state index in [1.165, 1.54) is 19.2 Å². The second-order valence-electron chi connectivity index (χ2n) is 6.44. The molecular formula is C21H24F3N3O4. The van der Waals surface area contributed by atoms with Gasteiger partial charge in [-0.25, -0.2) is 0 Å². The van der Waals surface area contributed by atoms with Crippen LogP contribution in [0.2, 0.25) is 0 Å². The Labute approximate surface area is 177 Å². The molecule has 0 fully saturated rings. The summed E-state index contributed by atoms with van der Waals surface area (Å²) in [4.78, 5) is 23.5. The maximum atomic E-state index is 12.7. The average molecular weight is 439 g/mol. The van der Waals surface area contributed by atoms with Gasteiger partial charge >= 0.3 is 6.18 Å². The molecule has 0 saturated carbocycles. The summed E-state index contributed by atoms with van der Waals surface area (Å²) in [6, 6.07) is 9.61. The second kappa shape index (κ2) is 11.1. The Bertz CT molecular complexity index is 904. The zero-order chi connectivity index (χ0) is 22.9. The van der Waals surface area contributed by atoms with Crippen LogP contribution in [0.1, 0.15) is 18.1 Å². The number of carbonyl (C=O) groups excluding carboxylic acids is 2. The van der Waals surface area contributed by atoms with Gasteiger partial charge in [-0.05, 0) is 42.8 Å². The average Bonchev–Trinajstić information content (AvgIpc) is 2.74. The minimum atomic E-state index is -4.45. The standard InChI is InChI=1S/C21H24F3N3O4/c1-3-25-20(29)13-31-17-8-7-14(9-18(17)30-2)11-27-19(28)12-26-16-6-4-5-15(10-16)21(22,23)24/h4-10,26H,3,11-13H2,1-2H3,(H,25,29)(H,27,28). The predicted octanol–water partition coefficient (Wildman–Crippen LogP) is 2.96. The Kier molecular flexibility index (Phi) is 8.53. The van der Waals surface area contributed by atoms with Crippen LogP contribution in [0.3, 0.4) is 0 Å². The number of ether oxygens (including phenoxy) is 2. The summed E-state index contributed by atoms with van der Waals surface area (Å²) in [7, 11) is 1.45. The Balaban J connectivity index is 1.87. The highest BCUT2D eigenvalue weighted by Crippen LogP contribution is 2.30. The number of benzene rings is 2. The van der Waals surface area contributed by atoms with Crippen molar-refractivity contribution >= 4 is 17.5 Å². The predicted molar refractivity (Wildman–Crippen MR) is 109 cm³/mol. The molecule has 2 amide bonds. The van der Waals surface area contributed by atoms with Gasteiger partial charge in [-0.1, -0.05) is 12.1 Å². The molecule has 0 aliphatic heterocycles. The molecule has 168 valence electrons. The van der Waals surface area contributed by atoms with E-state index in [1.807, 2.05) is 0 Å². The molecule has 3 N–H and O–H groups in total. The topological polar surface area (TPSA) is 88.7 Å². The SMILES string of the molecule is CCNC(=O)COc1ccc(CNC(=O)CNc2cccc(C(F)(F)F)c2)cc1OC. The Morgan fingerprint density at radius 3 is 2.45 bits per heavy atom. The van der Waals surface area contributed by atoms with Crippen molar-refractivity contribution in [2.24, 2.45) is 0 Å². The van der Waals surface area contributed by atoms with Crippen LogP contribution in [0.25, 0.3) is 0 Å². The van der Waals surface area contributed by atoms with Crippen molar-refractivity contribution in [3.8, 4) is 11.5 Å². The number of likely N-dealkylation sites (N-methyl/N-ethyl adjacent to an activating group) is 1. The number of nitrogens with one attached hydrogen (secondary N) is 3. The molecule has 0 aliphatic rings. The summed E-state index contributed by atoms with van der Waals surface area (Å²) in [5.74, 6) is 0.135. The first-order valence-corrected chi connectivity index (χ1v) is 9.47. The van der Waals surface area contributed by atoms with Crippen molar-refractivity contribution in [2.45, 2.75) is 19.6 Å². The zero-order valence-electron chi connectivity index (χ0n) is 17.1. The molecule has 2 aromatic rings. The summed E-state index contributed by atoms with van der Waals surface area (Å²) in [6.07, 6.45) is -4.45. The molecule has 0 unspecified atom stereocenters. The number of anilines is 1. The van der Waals surface area contributed by atoms with Gasteiger partial charge in [-0.2, -0.15) is 13.2 Å². The van der Waals surface area contributed by atoms with Gasteiger partial charge in [0, 0.05) is 18.8 Å². The second-order valence-corrected chi connectivity index (χ2v) is 6.44. The number of amides is 2. The van der Waals surface area contributed by atoms with Crippen LogP contribution in [0.5, 0.6) is 11.5 Å². The molecule has 7 nitrogen and oxygen atoms in total. The number of alkyl halides is 3. The lowest BCUT2D eigenvalue weighted by Crippen LogP contribution is -2.29. The van der Waals surface area contributed by atoms with Gasteiger partial charge < -0.3 is 25.4 Å². The molecule has 0 atom stereocenters. The van der Waals surface area contributed by atoms with Crippen LogP contribution in [0.4, 0.5) is 18.9 Å². The quantitative estimate of drug-likeness (QED) is 0.530. The van der Waals surface area contributed by atoms with E-state index in [-0.39, 0.29) is 31.3 Å². The molecule has 0 radical (unpaired) electrons. The van der Waals surface area contributed by atoms with Crippen LogP contribution in [0.15, 0.2) is 42.5 Å². The summed E-state index contributed by atoms with van der Waals surface area (Å²) in [6.45, 7) is 2.14. The van der Waals surface area contributed by atoms with E-state index < -0.39 is 17.6 Å². The molecule has 0 bridgehead atoms. The van der Waals surface area contributed by atoms with Crippen LogP contribution < -0.4 is 25.4 Å². The summed E-state index contributed by atoms with van der Waals surface area (Å²) in [5.41, 5.74) is 0.120. The van der Waals surface area contributed by atoms with Crippen LogP contribution in [0, 0.1) is 0 Å². The number of hydrogen-bond donors (Lipinski definition) is 3. The van der Waals surface area contributed by atoms with Crippen molar-refractivity contribution in [1.29, 1.82) is 0 Å². The Morgan fingerprint density at radius 2 is 1.77 bits per heavy atom. The molecule has 31 heavy (non-hydrogen) atoms. The largest absolute Gasteiger partial charge is 0.493 e. The van der Waals surface area contributed by atoms with E-state index in [4.69, 9.17) is 9.47 Å². The van der Waals surface area contributed by atoms with Gasteiger partial charge in [-0.3, -0.25) is 9.59 Å². The van der Waals surface area contributed by atoms with Gasteiger partial charge in [0.1, 0.15) is 0 Å². The van der Waals surface area contributed by atoms with E-state index in [1.54, 1.807) is 25.1 Å². The summed E-state index contributed by atoms with van der Waals surface area (Å²) < 4.78 is 48.9. The van der Waals surface area contributed by atoms with E-state index in [9.17, 15) is 22.8 Å². The fourth-order valence-electron chi connectivity index (χ4n) is 2.58. The zero-order valence-corrected chi connectivity index (χ0v) is 17.1. The van der Waals surface area contributed by atoms with Gasteiger partial charge in [0.05, 0.1) is 19.2 Å². The molecule has 0 saturated heterocycles. The van der Waals surface area contributed by atoms with Gasteiger partial charge in [0.25, 0.3) is 5.91 Å². The molecule has 0 spiro atoms. The maximum Gasteiger partial charge on any atom is 0.416 e. The van der Waals surface area contributed by atoms with Gasteiger partial charge in [0.2, 0.25) is 5.91 Å². The third-order valence-corrected chi connectivity index (χ3v) is 4.09. The van der Waals surface area contributed by atoms with Crippen molar-refractivity contribution in [3.63, 3.8) is 0 Å². The van der Waals surface area contributed by atoms with E-state index in [0.717, 1.165) is 17.7 Å². The smallest absolute Gasteiger partial charge is 0.416 e. The molecule has 2 aromatic carbocycles. The number of methoxy groups -OCH3 is 1. The van der Waals surface area contributed by atoms with Crippen molar-refractivity contribution in [3.05, 3.63) is 53.6 Å². The highest BCUT2D eigenvalue weighted by molar-refractivity contribution is 5.80. The van der Waals surface area contributed by atoms with E-state index in [2.05, 4.69) is 16.0 Å². The fraction of sp³-hybridized carbons (Fsp3) is 0.333. The van der Waals surface area contributed by atoms with Gasteiger partial charge in [-0.15, -0.1) is 0 Å². The minimum Gasteiger partial charge on any atom is -0.493 e. The van der Waals surface area contributed by atoms with Crippen LogP contribution >= 0.6 is 0 Å². The minimum absolute atomic E-state index is 0.151. The van der Waals surface area contributed by atoms with Crippen LogP contribution in [-0.2, 0) is 22.3 Å². The lowest BCUT2D eigenvalue weighted by molar-refractivity contribution is -0.137. The first kappa shape index (κ1) is 23.8. The Hall–Kier alpha value is -3.43. The number of hydrogen-bond acceptors (Lipinski definition) is 5. The van der Waals surface area contributed by atoms with E-state index >= 15 is 0 Å². The summed E-state index contributed by atoms with van der Waals surface area (Å²) in [5, 5.41) is 7.95. The van der Waals surface area contributed by atoms with E-state index in [0.29, 0.717) is 18.0 Å². The number of halogens is 3. The fourth-order valence-corrected chi connectivity index (χ4v) is 2.58. The highest BCUT2D eigenvalue weighted by Gasteiger charge is 2.30. The normalized spacial score (nSPS) is 10.9. The number of rotatable bonds is 10. The monoisotopic (exact) mass is 439 g/mol. The molecule has 0 aromatic heterocycles. The first-order chi connectivity index (χ1) is 14.7. The highest BCUT2D eigenvalue weighted by atomic mass is 19.4. The maximum absolute atomic E-state index is 12.7. The molecule has 2 rings (SSSR count). The molecule has 10 heteroatoms. The summed E-state index contributed by atoms with van der Waals surface area (Å²) >= 11 is 0. The Morgan fingerprint density at radius 1 is 1.00 bits per heavy atom. The first-order valence-electron chi connectivity index (χ1n) is 9.47. The molecular weight excluding hydrogens is 415 g/mol.